The molecule has 6 rings (SSSR count). The van der Waals surface area contributed by atoms with Gasteiger partial charge in [-0.25, -0.2) is 4.79 Å². The molecule has 11 nitrogen and oxygen atoms in total. The van der Waals surface area contributed by atoms with Gasteiger partial charge in [-0.3, -0.25) is 19.3 Å². The van der Waals surface area contributed by atoms with Gasteiger partial charge < -0.3 is 29.4 Å². The van der Waals surface area contributed by atoms with E-state index in [0.29, 0.717) is 22.3 Å². The average molecular weight is 711 g/mol. The molecule has 2 amide bonds. The first kappa shape index (κ1) is 35.3. The third-order valence-corrected chi connectivity index (χ3v) is 9.19. The fraction of sp³-hybridized carbons (Fsp3) is 0.231. The molecule has 1 fully saturated rings. The molecule has 4 aromatic rings. The van der Waals surface area contributed by atoms with Crippen LogP contribution >= 0.6 is 11.6 Å². The molecule has 4 aromatic carbocycles. The highest BCUT2D eigenvalue weighted by molar-refractivity contribution is 6.20. The molecule has 0 spiro atoms. The molecule has 0 aliphatic carbocycles. The number of aromatic hydroxyl groups is 1. The van der Waals surface area contributed by atoms with E-state index < -0.39 is 47.5 Å². The Hall–Kier alpha value is -5.49. The molecule has 0 bridgehead atoms. The Kier molecular flexibility index (Phi) is 10.5. The predicted octanol–water partition coefficient (Wildman–Crippen LogP) is 4.78. The number of esters is 1. The summed E-state index contributed by atoms with van der Waals surface area (Å²) in [5, 5.41) is 12.8. The van der Waals surface area contributed by atoms with E-state index in [0.717, 1.165) is 4.90 Å². The predicted molar refractivity (Wildman–Crippen MR) is 186 cm³/mol. The highest BCUT2D eigenvalue weighted by atomic mass is 35.5. The number of amides is 2. The third kappa shape index (κ3) is 6.83. The van der Waals surface area contributed by atoms with Crippen molar-refractivity contribution < 1.29 is 43.2 Å². The van der Waals surface area contributed by atoms with E-state index in [1.807, 2.05) is 60.7 Å². The van der Waals surface area contributed by atoms with Crippen molar-refractivity contribution in [2.45, 2.75) is 30.4 Å². The minimum atomic E-state index is -2.11. The number of nitrogens with zero attached hydrogens (tertiary/aromatic N) is 1. The van der Waals surface area contributed by atoms with Gasteiger partial charge in [0.15, 0.2) is 29.6 Å². The number of ketones is 1. The number of rotatable bonds is 13. The van der Waals surface area contributed by atoms with Gasteiger partial charge in [-0.15, -0.1) is 11.6 Å². The van der Waals surface area contributed by atoms with Crippen molar-refractivity contribution in [2.75, 3.05) is 26.7 Å². The van der Waals surface area contributed by atoms with Crippen molar-refractivity contribution in [3.8, 4) is 11.5 Å². The monoisotopic (exact) mass is 710 g/mol. The van der Waals surface area contributed by atoms with E-state index in [1.165, 1.54) is 32.4 Å². The van der Waals surface area contributed by atoms with Gasteiger partial charge in [0.25, 0.3) is 11.6 Å². The molecule has 0 radical (unpaired) electrons. The zero-order valence-electron chi connectivity index (χ0n) is 27.8. The number of halogens is 1. The van der Waals surface area contributed by atoms with Crippen molar-refractivity contribution in [1.29, 1.82) is 0 Å². The zero-order valence-corrected chi connectivity index (χ0v) is 28.5. The molecule has 2 N–H and O–H groups in total. The lowest BCUT2D eigenvalue weighted by molar-refractivity contribution is -0.258. The fourth-order valence-electron chi connectivity index (χ4n) is 6.29. The van der Waals surface area contributed by atoms with Gasteiger partial charge in [0.2, 0.25) is 5.91 Å². The van der Waals surface area contributed by atoms with Crippen LogP contribution in [0.2, 0.25) is 0 Å². The second-order valence-electron chi connectivity index (χ2n) is 12.0. The van der Waals surface area contributed by atoms with Gasteiger partial charge >= 0.3 is 5.97 Å². The lowest BCUT2D eigenvalue weighted by Gasteiger charge is -2.55. The second-order valence-corrected chi connectivity index (χ2v) is 12.2. The molecule has 0 saturated carbocycles. The van der Waals surface area contributed by atoms with Crippen LogP contribution in [0.5, 0.6) is 11.5 Å². The molecule has 3 atom stereocenters. The van der Waals surface area contributed by atoms with Crippen LogP contribution in [0.1, 0.15) is 34.3 Å². The summed E-state index contributed by atoms with van der Waals surface area (Å²) in [6, 6.07) is 31.3. The number of phenolic OH excluding ortho intramolecular Hbond substituents is 1. The third-order valence-electron chi connectivity index (χ3n) is 8.87. The normalized spacial score (nSPS) is 18.8. The number of carbonyl (C=O) groups excluding carboxylic acids is 4. The van der Waals surface area contributed by atoms with Crippen LogP contribution in [0.25, 0.3) is 0 Å². The molecular formula is C39H35ClN2O9. The van der Waals surface area contributed by atoms with E-state index in [4.69, 9.17) is 30.5 Å². The Morgan fingerprint density at radius 1 is 0.922 bits per heavy atom. The van der Waals surface area contributed by atoms with Crippen LogP contribution in [-0.4, -0.2) is 72.2 Å². The SMILES string of the molecule is COc1cc(C(C(=O)Cc2ccccc2)C(=O)N[C@]2(OC)C(=O)N3C(C(=O)OC(c4ccccc4)c4ccccc4)=C(CCl)COC32)ccc1O. The maximum Gasteiger partial charge on any atom is 0.356 e. The number of hydrogen-bond donors (Lipinski definition) is 2. The number of nitrogens with one attached hydrogen (secondary N) is 1. The number of methoxy groups -OCH3 is 2. The maximum atomic E-state index is 14.2. The summed E-state index contributed by atoms with van der Waals surface area (Å²) < 4.78 is 23.0. The van der Waals surface area contributed by atoms with E-state index in [9.17, 15) is 24.3 Å². The Bertz CT molecular complexity index is 1920. The quantitative estimate of drug-likeness (QED) is 0.0660. The van der Waals surface area contributed by atoms with Crippen molar-refractivity contribution in [3.05, 3.63) is 143 Å². The van der Waals surface area contributed by atoms with Crippen LogP contribution in [0.15, 0.2) is 120 Å². The summed E-state index contributed by atoms with van der Waals surface area (Å²) >= 11 is 6.26. The minimum absolute atomic E-state index is 0.0481. The fourth-order valence-corrected chi connectivity index (χ4v) is 6.50. The van der Waals surface area contributed by atoms with Gasteiger partial charge in [0, 0.05) is 25.0 Å². The number of hydrogen-bond acceptors (Lipinski definition) is 9. The highest BCUT2D eigenvalue weighted by Gasteiger charge is 2.68. The molecular weight excluding hydrogens is 676 g/mol. The molecule has 2 heterocycles. The van der Waals surface area contributed by atoms with Crippen molar-refractivity contribution in [3.63, 3.8) is 0 Å². The summed E-state index contributed by atoms with van der Waals surface area (Å²) in [5.74, 6) is -4.75. The lowest BCUT2D eigenvalue weighted by atomic mass is 9.88. The van der Waals surface area contributed by atoms with Crippen molar-refractivity contribution >= 4 is 35.2 Å². The number of fused-ring (bicyclic) bond motifs is 1. The number of ether oxygens (including phenoxy) is 4. The second kappa shape index (κ2) is 15.2. The summed E-state index contributed by atoms with van der Waals surface area (Å²) in [6.07, 6.45) is -2.23. The first-order valence-corrected chi connectivity index (χ1v) is 16.6. The largest absolute Gasteiger partial charge is 0.504 e. The Morgan fingerprint density at radius 3 is 2.10 bits per heavy atom. The van der Waals surface area contributed by atoms with Gasteiger partial charge in [0.05, 0.1) is 13.7 Å². The molecule has 51 heavy (non-hydrogen) atoms. The Morgan fingerprint density at radius 2 is 1.53 bits per heavy atom. The highest BCUT2D eigenvalue weighted by Crippen LogP contribution is 2.42. The van der Waals surface area contributed by atoms with Gasteiger partial charge in [-0.2, -0.15) is 0 Å². The zero-order chi connectivity index (χ0) is 36.1. The first-order chi connectivity index (χ1) is 24.7. The standard InChI is InChI=1S/C39H35ClN2O9/c1-48-31-21-27(18-19-29(31)43)32(30(44)20-24-12-6-3-7-13-24)35(45)41-39(49-2)37(47)42-33(28(22-40)23-50-38(39)42)36(46)51-34(25-14-8-4-9-15-25)26-16-10-5-11-17-26/h3-19,21,32,34,38,43H,20,22-23H2,1-2H3,(H,41,45)/t32?,38?,39-/m0/s1. The lowest BCUT2D eigenvalue weighted by Crippen LogP contribution is -2.83. The first-order valence-electron chi connectivity index (χ1n) is 16.1. The number of benzene rings is 4. The number of Topliss-reactive ketones (excluding diaryl/α,β-unsaturated/α-hetero) is 1. The number of β-lactam (4-membered cyclic amide) rings is 1. The molecule has 2 aliphatic heterocycles. The molecule has 12 heteroatoms. The molecule has 1 saturated heterocycles. The summed E-state index contributed by atoms with van der Waals surface area (Å²) in [5.41, 5.74) is 0.368. The molecule has 2 aliphatic rings. The van der Waals surface area contributed by atoms with Crippen molar-refractivity contribution in [1.82, 2.24) is 10.2 Å². The van der Waals surface area contributed by atoms with E-state index in [-0.39, 0.29) is 41.7 Å². The number of phenols is 1. The topological polar surface area (TPSA) is 141 Å². The summed E-state index contributed by atoms with van der Waals surface area (Å²) in [7, 11) is 2.55. The number of carbonyl (C=O) groups is 4. The van der Waals surface area contributed by atoms with Gasteiger partial charge in [0.1, 0.15) is 11.6 Å². The molecule has 0 aromatic heterocycles. The summed E-state index contributed by atoms with van der Waals surface area (Å²) in [6.45, 7) is -0.170. The maximum absolute atomic E-state index is 14.2. The van der Waals surface area contributed by atoms with E-state index in [2.05, 4.69) is 5.32 Å². The van der Waals surface area contributed by atoms with Crippen LogP contribution in [-0.2, 0) is 39.8 Å². The van der Waals surface area contributed by atoms with Gasteiger partial charge in [-0.1, -0.05) is 97.1 Å². The minimum Gasteiger partial charge on any atom is -0.504 e. The van der Waals surface area contributed by atoms with E-state index >= 15 is 0 Å². The van der Waals surface area contributed by atoms with E-state index in [1.54, 1.807) is 30.3 Å². The Balaban J connectivity index is 1.30. The summed E-state index contributed by atoms with van der Waals surface area (Å²) in [4.78, 5) is 57.2. The van der Waals surface area contributed by atoms with Gasteiger partial charge in [-0.05, 0) is 34.4 Å². The Labute approximate surface area is 299 Å². The molecule has 262 valence electrons. The molecule has 2 unspecified atom stereocenters. The van der Waals surface area contributed by atoms with Crippen LogP contribution in [0.3, 0.4) is 0 Å². The van der Waals surface area contributed by atoms with Crippen LogP contribution in [0, 0.1) is 0 Å². The smallest absolute Gasteiger partial charge is 0.356 e. The van der Waals surface area contributed by atoms with Crippen LogP contribution < -0.4 is 10.1 Å². The average Bonchev–Trinajstić information content (AvgIpc) is 3.16. The van der Waals surface area contributed by atoms with Crippen molar-refractivity contribution in [2.24, 2.45) is 0 Å². The van der Waals surface area contributed by atoms with Crippen LogP contribution in [0.4, 0.5) is 0 Å². The number of alkyl halides is 1.